The van der Waals surface area contributed by atoms with E-state index in [1.165, 1.54) is 0 Å². The normalized spacial score (nSPS) is 21.2. The lowest BCUT2D eigenvalue weighted by atomic mass is 10.0. The van der Waals surface area contributed by atoms with E-state index >= 15 is 0 Å². The van der Waals surface area contributed by atoms with Gasteiger partial charge in [0.15, 0.2) is 5.34 Å². The minimum Gasteiger partial charge on any atom is -0.394 e. The second-order valence-electron chi connectivity index (χ2n) is 2.79. The van der Waals surface area contributed by atoms with Gasteiger partial charge < -0.3 is 35.5 Å². The van der Waals surface area contributed by atoms with Crippen LogP contribution in [0.15, 0.2) is 5.34 Å². The average Bonchev–Trinajstić information content (AvgIpc) is 2.25. The van der Waals surface area contributed by atoms with Crippen molar-refractivity contribution in [3.63, 3.8) is 0 Å². The molecule has 0 radical (unpaired) electrons. The molecule has 0 rings (SSSR count). The Morgan fingerprint density at radius 2 is 1.53 bits per heavy atom. The minimum atomic E-state index is -2.14. The zero-order chi connectivity index (χ0) is 12.0. The van der Waals surface area contributed by atoms with Crippen LogP contribution in [0.5, 0.6) is 0 Å². The van der Waals surface area contributed by atoms with Crippen LogP contribution in [-0.4, -0.2) is 68.0 Å². The SMILES string of the molecule is O=NOC(O)[C@H](O)[C@@H](O)[C@H](O)[C@H](O)CO. The van der Waals surface area contributed by atoms with Crippen LogP contribution < -0.4 is 0 Å². The lowest BCUT2D eigenvalue weighted by molar-refractivity contribution is -0.212. The number of nitrogens with zero attached hydrogens (tertiary/aromatic N) is 1. The summed E-state index contributed by atoms with van der Waals surface area (Å²) in [6.45, 7) is -0.853. The fraction of sp³-hybridized carbons (Fsp3) is 1.00. The summed E-state index contributed by atoms with van der Waals surface area (Å²) >= 11 is 0. The van der Waals surface area contributed by atoms with Crippen LogP contribution >= 0.6 is 0 Å². The van der Waals surface area contributed by atoms with Crippen molar-refractivity contribution < 1.29 is 35.5 Å². The molecule has 90 valence electrons. The van der Waals surface area contributed by atoms with Crippen LogP contribution in [0.1, 0.15) is 0 Å². The van der Waals surface area contributed by atoms with Gasteiger partial charge in [0.25, 0.3) is 6.29 Å². The largest absolute Gasteiger partial charge is 0.394 e. The van der Waals surface area contributed by atoms with E-state index in [-0.39, 0.29) is 0 Å². The van der Waals surface area contributed by atoms with E-state index in [9.17, 15) is 4.91 Å². The average molecular weight is 227 g/mol. The van der Waals surface area contributed by atoms with E-state index < -0.39 is 37.3 Å². The summed E-state index contributed by atoms with van der Waals surface area (Å²) in [4.78, 5) is 13.2. The maximum atomic E-state index is 9.53. The van der Waals surface area contributed by atoms with Crippen LogP contribution in [0.2, 0.25) is 0 Å². The molecule has 0 saturated carbocycles. The number of hydrogen-bond acceptors (Lipinski definition) is 9. The van der Waals surface area contributed by atoms with E-state index in [1.807, 2.05) is 0 Å². The van der Waals surface area contributed by atoms with Crippen LogP contribution in [0, 0.1) is 4.91 Å². The van der Waals surface area contributed by atoms with Crippen molar-refractivity contribution in [1.82, 2.24) is 0 Å². The highest BCUT2D eigenvalue weighted by atomic mass is 16.8. The summed E-state index contributed by atoms with van der Waals surface area (Å²) in [7, 11) is 0. The third-order valence-electron chi connectivity index (χ3n) is 1.72. The van der Waals surface area contributed by atoms with Crippen molar-refractivity contribution in [2.24, 2.45) is 5.34 Å². The predicted octanol–water partition coefficient (Wildman–Crippen LogP) is -3.56. The molecule has 9 nitrogen and oxygen atoms in total. The molecule has 0 spiro atoms. The van der Waals surface area contributed by atoms with Gasteiger partial charge in [0, 0.05) is 0 Å². The first kappa shape index (κ1) is 14.2. The van der Waals surface area contributed by atoms with Crippen molar-refractivity contribution in [3.8, 4) is 0 Å². The summed E-state index contributed by atoms with van der Waals surface area (Å²) in [5.41, 5.74) is 0. The lowest BCUT2D eigenvalue weighted by Crippen LogP contribution is -2.50. The van der Waals surface area contributed by atoms with Crippen molar-refractivity contribution in [3.05, 3.63) is 4.91 Å². The van der Waals surface area contributed by atoms with Gasteiger partial charge in [0.2, 0.25) is 0 Å². The summed E-state index contributed by atoms with van der Waals surface area (Å²) in [5, 5.41) is 55.2. The Hall–Kier alpha value is -0.840. The Bertz CT molecular complexity index is 190. The van der Waals surface area contributed by atoms with Gasteiger partial charge in [-0.15, -0.1) is 4.91 Å². The molecule has 15 heavy (non-hydrogen) atoms. The monoisotopic (exact) mass is 227 g/mol. The van der Waals surface area contributed by atoms with Gasteiger partial charge in [-0.2, -0.15) is 0 Å². The smallest absolute Gasteiger partial charge is 0.256 e. The molecular formula is C6H13NO8. The van der Waals surface area contributed by atoms with Crippen molar-refractivity contribution in [2.75, 3.05) is 6.61 Å². The summed E-state index contributed by atoms with van der Waals surface area (Å²) in [6, 6.07) is 0. The Balaban J connectivity index is 4.28. The van der Waals surface area contributed by atoms with E-state index in [4.69, 9.17) is 30.6 Å². The lowest BCUT2D eigenvalue weighted by Gasteiger charge is -2.26. The Morgan fingerprint density at radius 3 is 1.93 bits per heavy atom. The molecule has 5 atom stereocenters. The third-order valence-corrected chi connectivity index (χ3v) is 1.72. The molecule has 0 fully saturated rings. The minimum absolute atomic E-state index is 0.853. The molecule has 0 aliphatic heterocycles. The zero-order valence-electron chi connectivity index (χ0n) is 7.54. The van der Waals surface area contributed by atoms with Gasteiger partial charge in [0.05, 0.1) is 6.61 Å². The van der Waals surface area contributed by atoms with Crippen LogP contribution in [0.25, 0.3) is 0 Å². The van der Waals surface area contributed by atoms with Crippen molar-refractivity contribution >= 4 is 0 Å². The molecular weight excluding hydrogens is 214 g/mol. The maximum absolute atomic E-state index is 9.53. The first-order valence-electron chi connectivity index (χ1n) is 3.95. The van der Waals surface area contributed by atoms with Gasteiger partial charge in [-0.05, 0) is 0 Å². The molecule has 0 aromatic rings. The van der Waals surface area contributed by atoms with E-state index in [0.29, 0.717) is 0 Å². The molecule has 0 aliphatic carbocycles. The molecule has 0 aliphatic rings. The highest BCUT2D eigenvalue weighted by Crippen LogP contribution is 2.09. The van der Waals surface area contributed by atoms with Gasteiger partial charge in [0.1, 0.15) is 24.4 Å². The second-order valence-corrected chi connectivity index (χ2v) is 2.79. The Morgan fingerprint density at radius 1 is 1.00 bits per heavy atom. The zero-order valence-corrected chi connectivity index (χ0v) is 7.54. The topological polar surface area (TPSA) is 160 Å². The summed E-state index contributed by atoms with van der Waals surface area (Å²) < 4.78 is 0. The number of hydrogen-bond donors (Lipinski definition) is 6. The van der Waals surface area contributed by atoms with Crippen LogP contribution in [0.4, 0.5) is 0 Å². The van der Waals surface area contributed by atoms with E-state index in [0.717, 1.165) is 0 Å². The second kappa shape index (κ2) is 6.61. The fourth-order valence-electron chi connectivity index (χ4n) is 0.813. The first-order valence-corrected chi connectivity index (χ1v) is 3.95. The van der Waals surface area contributed by atoms with Crippen molar-refractivity contribution in [1.29, 1.82) is 0 Å². The quantitative estimate of drug-likeness (QED) is 0.148. The third kappa shape index (κ3) is 4.03. The highest BCUT2D eigenvalue weighted by molar-refractivity contribution is 4.81. The van der Waals surface area contributed by atoms with Gasteiger partial charge in [-0.3, -0.25) is 0 Å². The van der Waals surface area contributed by atoms with Gasteiger partial charge >= 0.3 is 0 Å². The van der Waals surface area contributed by atoms with Gasteiger partial charge in [-0.25, -0.2) is 0 Å². The number of aliphatic hydroxyl groups is 6. The molecule has 6 N–H and O–H groups in total. The molecule has 0 aromatic heterocycles. The predicted molar refractivity (Wildman–Crippen MR) is 44.0 cm³/mol. The molecule has 0 aromatic carbocycles. The van der Waals surface area contributed by atoms with E-state index in [1.54, 1.807) is 5.34 Å². The molecule has 1 unspecified atom stereocenters. The molecule has 0 heterocycles. The molecule has 0 bridgehead atoms. The standard InChI is InChI=1S/C6H13NO8/c8-1-2(9)3(10)4(11)5(12)6(13)15-7-14/h2-6,8-13H,1H2/t2-,3-,4+,5-,6?/m1/s1. The number of aliphatic hydroxyl groups excluding tert-OH is 6. The van der Waals surface area contributed by atoms with Gasteiger partial charge in [-0.1, -0.05) is 0 Å². The summed E-state index contributed by atoms with van der Waals surface area (Å²) in [6.07, 6.45) is -9.82. The fourth-order valence-corrected chi connectivity index (χ4v) is 0.813. The molecule has 9 heteroatoms. The Labute approximate surface area is 84.1 Å². The van der Waals surface area contributed by atoms with Crippen molar-refractivity contribution in [2.45, 2.75) is 30.7 Å². The van der Waals surface area contributed by atoms with Crippen LogP contribution in [-0.2, 0) is 4.84 Å². The maximum Gasteiger partial charge on any atom is 0.256 e. The Kier molecular flexibility index (Phi) is 6.24. The summed E-state index contributed by atoms with van der Waals surface area (Å²) in [5.74, 6) is 0. The molecule has 0 amide bonds. The molecule has 0 saturated heterocycles. The highest BCUT2D eigenvalue weighted by Gasteiger charge is 2.35. The number of rotatable bonds is 7. The van der Waals surface area contributed by atoms with E-state index in [2.05, 4.69) is 4.84 Å². The first-order chi connectivity index (χ1) is 6.95. The van der Waals surface area contributed by atoms with Crippen LogP contribution in [0.3, 0.4) is 0 Å².